The maximum absolute atomic E-state index is 12.6. The van der Waals surface area contributed by atoms with Crippen LogP contribution in [-0.4, -0.2) is 32.2 Å². The molecule has 2 heterocycles. The number of aliphatic hydroxyl groups is 1. The zero-order valence-corrected chi connectivity index (χ0v) is 13.1. The molecule has 0 radical (unpaired) electrons. The van der Waals surface area contributed by atoms with Gasteiger partial charge >= 0.3 is 0 Å². The Bertz CT molecular complexity index is 885. The fourth-order valence-electron chi connectivity index (χ4n) is 2.93. The molecule has 6 nitrogen and oxygen atoms in total. The number of benzene rings is 1. The predicted molar refractivity (Wildman–Crippen MR) is 90.7 cm³/mol. The molecule has 1 aliphatic rings. The van der Waals surface area contributed by atoms with Gasteiger partial charge in [-0.25, -0.2) is 4.98 Å². The molecule has 0 aliphatic heterocycles. The summed E-state index contributed by atoms with van der Waals surface area (Å²) in [5, 5.41) is 13.5. The number of amides is 1. The predicted octanol–water partition coefficient (Wildman–Crippen LogP) is 2.48. The summed E-state index contributed by atoms with van der Waals surface area (Å²) in [4.78, 5) is 21.1. The summed E-state index contributed by atoms with van der Waals surface area (Å²) in [5.74, 6) is 0.186. The number of para-hydroxylation sites is 1. The molecule has 1 aromatic carbocycles. The number of hydrogen-bond donors (Lipinski definition) is 2. The van der Waals surface area contributed by atoms with Gasteiger partial charge in [-0.3, -0.25) is 9.78 Å². The van der Waals surface area contributed by atoms with Gasteiger partial charge in [-0.15, -0.1) is 0 Å². The number of aliphatic hydroxyl groups excluding tert-OH is 1. The fourth-order valence-corrected chi connectivity index (χ4v) is 2.93. The molecular formula is C18H18N4O2. The standard InChI is InChI=1S/C18H18N4O2/c23-10-17(22-11-19-9-16(22)12-5-6-12)18(24)21-14-7-13-3-1-2-4-15(13)20-8-14/h1-4,7-9,11-12,17,23H,5-6,10H2,(H,21,24). The van der Waals surface area contributed by atoms with E-state index in [4.69, 9.17) is 0 Å². The number of imidazole rings is 1. The topological polar surface area (TPSA) is 80.0 Å². The average molecular weight is 322 g/mol. The summed E-state index contributed by atoms with van der Waals surface area (Å²) in [5.41, 5.74) is 2.51. The third-order valence-electron chi connectivity index (χ3n) is 4.36. The van der Waals surface area contributed by atoms with Crippen LogP contribution < -0.4 is 5.32 Å². The van der Waals surface area contributed by atoms with Crippen molar-refractivity contribution < 1.29 is 9.90 Å². The lowest BCUT2D eigenvalue weighted by Gasteiger charge is -2.18. The Hall–Kier alpha value is -2.73. The van der Waals surface area contributed by atoms with Crippen LogP contribution in [0.2, 0.25) is 0 Å². The van der Waals surface area contributed by atoms with Crippen molar-refractivity contribution in [2.24, 2.45) is 0 Å². The van der Waals surface area contributed by atoms with E-state index in [2.05, 4.69) is 15.3 Å². The summed E-state index contributed by atoms with van der Waals surface area (Å²) in [6, 6.07) is 8.92. The van der Waals surface area contributed by atoms with Crippen molar-refractivity contribution in [1.82, 2.24) is 14.5 Å². The first kappa shape index (κ1) is 14.8. The number of rotatable bonds is 5. The van der Waals surface area contributed by atoms with Crippen LogP contribution in [0.4, 0.5) is 5.69 Å². The molecule has 122 valence electrons. The van der Waals surface area contributed by atoms with Crippen molar-refractivity contribution in [2.75, 3.05) is 11.9 Å². The Morgan fingerprint density at radius 2 is 2.17 bits per heavy atom. The van der Waals surface area contributed by atoms with Crippen molar-refractivity contribution >= 4 is 22.5 Å². The molecule has 1 saturated carbocycles. The Morgan fingerprint density at radius 1 is 1.33 bits per heavy atom. The lowest BCUT2D eigenvalue weighted by Crippen LogP contribution is -2.29. The quantitative estimate of drug-likeness (QED) is 0.756. The van der Waals surface area contributed by atoms with Crippen LogP contribution >= 0.6 is 0 Å². The van der Waals surface area contributed by atoms with E-state index in [-0.39, 0.29) is 12.5 Å². The van der Waals surface area contributed by atoms with E-state index < -0.39 is 6.04 Å². The van der Waals surface area contributed by atoms with Gasteiger partial charge in [0, 0.05) is 23.2 Å². The van der Waals surface area contributed by atoms with Crippen LogP contribution in [0.3, 0.4) is 0 Å². The number of hydrogen-bond acceptors (Lipinski definition) is 4. The van der Waals surface area contributed by atoms with Crippen molar-refractivity contribution in [2.45, 2.75) is 24.8 Å². The molecule has 0 spiro atoms. The Kier molecular flexibility index (Phi) is 3.74. The number of anilines is 1. The smallest absolute Gasteiger partial charge is 0.249 e. The summed E-state index contributed by atoms with van der Waals surface area (Å²) in [7, 11) is 0. The maximum atomic E-state index is 12.6. The second-order valence-electron chi connectivity index (χ2n) is 6.10. The van der Waals surface area contributed by atoms with Gasteiger partial charge in [0.05, 0.1) is 30.3 Å². The van der Waals surface area contributed by atoms with Gasteiger partial charge in [-0.1, -0.05) is 18.2 Å². The number of aromatic nitrogens is 3. The Balaban J connectivity index is 1.57. The molecule has 24 heavy (non-hydrogen) atoms. The van der Waals surface area contributed by atoms with Gasteiger partial charge in [-0.2, -0.15) is 0 Å². The van der Waals surface area contributed by atoms with Crippen molar-refractivity contribution in [3.63, 3.8) is 0 Å². The summed E-state index contributed by atoms with van der Waals surface area (Å²) >= 11 is 0. The van der Waals surface area contributed by atoms with Crippen molar-refractivity contribution in [3.8, 4) is 0 Å². The monoisotopic (exact) mass is 322 g/mol. The number of nitrogens with one attached hydrogen (secondary N) is 1. The number of carbonyl (C=O) groups is 1. The summed E-state index contributed by atoms with van der Waals surface area (Å²) in [6.07, 6.45) is 7.25. The summed E-state index contributed by atoms with van der Waals surface area (Å²) in [6.45, 7) is -0.275. The van der Waals surface area contributed by atoms with Crippen LogP contribution in [0, 0.1) is 0 Å². The van der Waals surface area contributed by atoms with E-state index in [1.807, 2.05) is 30.3 Å². The van der Waals surface area contributed by atoms with Gasteiger partial charge in [0.25, 0.3) is 0 Å². The van der Waals surface area contributed by atoms with Gasteiger partial charge < -0.3 is 15.0 Å². The first-order valence-corrected chi connectivity index (χ1v) is 8.04. The minimum Gasteiger partial charge on any atom is -0.394 e. The second-order valence-corrected chi connectivity index (χ2v) is 6.10. The van der Waals surface area contributed by atoms with Gasteiger partial charge in [-0.05, 0) is 25.0 Å². The third kappa shape index (κ3) is 2.76. The summed E-state index contributed by atoms with van der Waals surface area (Å²) < 4.78 is 1.78. The largest absolute Gasteiger partial charge is 0.394 e. The zero-order chi connectivity index (χ0) is 16.5. The number of nitrogens with zero attached hydrogens (tertiary/aromatic N) is 3. The highest BCUT2D eigenvalue weighted by molar-refractivity contribution is 5.95. The third-order valence-corrected chi connectivity index (χ3v) is 4.36. The van der Waals surface area contributed by atoms with Crippen molar-refractivity contribution in [1.29, 1.82) is 0 Å². The zero-order valence-electron chi connectivity index (χ0n) is 13.1. The maximum Gasteiger partial charge on any atom is 0.249 e. The van der Waals surface area contributed by atoms with Crippen LogP contribution in [0.5, 0.6) is 0 Å². The lowest BCUT2D eigenvalue weighted by atomic mass is 10.2. The highest BCUT2D eigenvalue weighted by Crippen LogP contribution is 2.40. The van der Waals surface area contributed by atoms with Crippen LogP contribution in [-0.2, 0) is 4.79 Å². The van der Waals surface area contributed by atoms with Crippen LogP contribution in [0.25, 0.3) is 10.9 Å². The van der Waals surface area contributed by atoms with Gasteiger partial charge in [0.15, 0.2) is 0 Å². The van der Waals surface area contributed by atoms with Crippen LogP contribution in [0.15, 0.2) is 49.1 Å². The molecule has 1 fully saturated rings. The number of fused-ring (bicyclic) bond motifs is 1. The van der Waals surface area contributed by atoms with E-state index in [0.717, 1.165) is 29.4 Å². The minimum absolute atomic E-state index is 0.269. The molecule has 1 atom stereocenters. The lowest BCUT2D eigenvalue weighted by molar-refractivity contribution is -0.120. The number of carbonyl (C=O) groups excluding carboxylic acids is 1. The van der Waals surface area contributed by atoms with Gasteiger partial charge in [0.1, 0.15) is 6.04 Å². The molecule has 0 bridgehead atoms. The fraction of sp³-hybridized carbons (Fsp3) is 0.278. The molecule has 3 aromatic rings. The molecule has 6 heteroatoms. The van der Waals surface area contributed by atoms with Gasteiger partial charge in [0.2, 0.25) is 5.91 Å². The van der Waals surface area contributed by atoms with E-state index in [9.17, 15) is 9.90 Å². The highest BCUT2D eigenvalue weighted by Gasteiger charge is 2.31. The van der Waals surface area contributed by atoms with E-state index in [0.29, 0.717) is 11.6 Å². The highest BCUT2D eigenvalue weighted by atomic mass is 16.3. The molecular weight excluding hydrogens is 304 g/mol. The van der Waals surface area contributed by atoms with E-state index in [1.165, 1.54) is 0 Å². The molecule has 1 amide bonds. The van der Waals surface area contributed by atoms with E-state index in [1.54, 1.807) is 23.3 Å². The number of pyridine rings is 1. The first-order valence-electron chi connectivity index (χ1n) is 8.04. The molecule has 2 N–H and O–H groups in total. The Labute approximate surface area is 139 Å². The SMILES string of the molecule is O=C(Nc1cnc2ccccc2c1)C(CO)n1cncc1C1CC1. The van der Waals surface area contributed by atoms with Crippen LogP contribution in [0.1, 0.15) is 30.5 Å². The molecule has 1 unspecified atom stereocenters. The molecule has 1 aliphatic carbocycles. The normalized spacial score (nSPS) is 15.4. The Morgan fingerprint density at radius 3 is 2.96 bits per heavy atom. The first-order chi connectivity index (χ1) is 11.8. The minimum atomic E-state index is -0.686. The second kappa shape index (κ2) is 6.05. The molecule has 0 saturated heterocycles. The van der Waals surface area contributed by atoms with E-state index >= 15 is 0 Å². The average Bonchev–Trinajstić information content (AvgIpc) is 3.34. The van der Waals surface area contributed by atoms with Crippen molar-refractivity contribution in [3.05, 3.63) is 54.7 Å². The molecule has 2 aromatic heterocycles. The molecule has 4 rings (SSSR count).